The van der Waals surface area contributed by atoms with E-state index in [-0.39, 0.29) is 27.6 Å². The van der Waals surface area contributed by atoms with E-state index in [9.17, 15) is 23.3 Å². The van der Waals surface area contributed by atoms with Crippen molar-refractivity contribution in [3.8, 4) is 5.75 Å². The molecule has 14 heteroatoms. The van der Waals surface area contributed by atoms with E-state index in [4.69, 9.17) is 4.18 Å². The monoisotopic (exact) mass is 589 g/mol. The van der Waals surface area contributed by atoms with Gasteiger partial charge in [0.2, 0.25) is 0 Å². The molecule has 0 bridgehead atoms. The third-order valence-corrected chi connectivity index (χ3v) is 7.19. The number of hydrogen-bond acceptors (Lipinski definition) is 9. The van der Waals surface area contributed by atoms with Crippen LogP contribution in [0.5, 0.6) is 5.75 Å². The number of carbonyl (C=O) groups excluding carboxylic acids is 1. The van der Waals surface area contributed by atoms with Gasteiger partial charge < -0.3 is 9.17 Å². The van der Waals surface area contributed by atoms with Crippen LogP contribution in [0, 0.1) is 10.1 Å². The molecule has 0 aliphatic heterocycles. The van der Waals surface area contributed by atoms with Gasteiger partial charge in [-0.1, -0.05) is 45.9 Å². The molecule has 0 radical (unpaired) electrons. The lowest BCUT2D eigenvalue weighted by atomic mass is 10.2. The summed E-state index contributed by atoms with van der Waals surface area (Å²) in [5, 5.41) is 15.4. The molecule has 2 N–H and O–H groups in total. The molecule has 0 spiro atoms. The number of nitro groups is 1. The third kappa shape index (κ3) is 6.27. The SMILES string of the molecule is O=C(CSc1nc2ccccc2[nH]1)N/N=C\c1cc(Br)ccc1OS(=O)(=O)c1cccc([N+](=O)[O-])c1. The highest BCUT2D eigenvalue weighted by molar-refractivity contribution is 9.10. The predicted octanol–water partition coefficient (Wildman–Crippen LogP) is 4.24. The molecular weight excluding hydrogens is 574 g/mol. The van der Waals surface area contributed by atoms with Crippen molar-refractivity contribution >= 4 is 66.7 Å². The van der Waals surface area contributed by atoms with Crippen molar-refractivity contribution in [2.75, 3.05) is 5.75 Å². The van der Waals surface area contributed by atoms with Crippen LogP contribution >= 0.6 is 27.7 Å². The van der Waals surface area contributed by atoms with Crippen LogP contribution in [-0.2, 0) is 14.9 Å². The van der Waals surface area contributed by atoms with Gasteiger partial charge in [-0.25, -0.2) is 10.4 Å². The Bertz CT molecular complexity index is 1560. The Labute approximate surface area is 217 Å². The Balaban J connectivity index is 1.42. The summed E-state index contributed by atoms with van der Waals surface area (Å²) in [5.41, 5.74) is 3.87. The average Bonchev–Trinajstić information content (AvgIpc) is 3.27. The second-order valence-electron chi connectivity index (χ2n) is 7.12. The van der Waals surface area contributed by atoms with Crippen molar-refractivity contribution in [1.82, 2.24) is 15.4 Å². The van der Waals surface area contributed by atoms with Crippen molar-refractivity contribution in [3.63, 3.8) is 0 Å². The van der Waals surface area contributed by atoms with E-state index < -0.39 is 20.9 Å². The van der Waals surface area contributed by atoms with Gasteiger partial charge in [0.05, 0.1) is 27.9 Å². The average molecular weight is 590 g/mol. The van der Waals surface area contributed by atoms with Gasteiger partial charge in [0, 0.05) is 22.2 Å². The molecule has 0 saturated carbocycles. The number of halogens is 1. The molecule has 1 heterocycles. The third-order valence-electron chi connectivity index (χ3n) is 4.59. The first-order valence-electron chi connectivity index (χ1n) is 10.1. The number of thioether (sulfide) groups is 1. The Morgan fingerprint density at radius 3 is 2.78 bits per heavy atom. The van der Waals surface area contributed by atoms with Gasteiger partial charge in [-0.3, -0.25) is 14.9 Å². The molecule has 0 atom stereocenters. The van der Waals surface area contributed by atoms with Gasteiger partial charge in [0.25, 0.3) is 11.6 Å². The van der Waals surface area contributed by atoms with Crippen molar-refractivity contribution in [2.45, 2.75) is 10.1 Å². The number of imidazole rings is 1. The molecule has 1 aromatic heterocycles. The van der Waals surface area contributed by atoms with Gasteiger partial charge in [-0.05, 0) is 36.4 Å². The number of benzene rings is 3. The topological polar surface area (TPSA) is 157 Å². The van der Waals surface area contributed by atoms with Crippen LogP contribution < -0.4 is 9.61 Å². The summed E-state index contributed by atoms with van der Waals surface area (Å²) in [5.74, 6) is -0.446. The number of aromatic nitrogens is 2. The van der Waals surface area contributed by atoms with Crippen LogP contribution in [0.3, 0.4) is 0 Å². The van der Waals surface area contributed by atoms with Gasteiger partial charge in [-0.2, -0.15) is 13.5 Å². The number of aromatic amines is 1. The lowest BCUT2D eigenvalue weighted by molar-refractivity contribution is -0.385. The summed E-state index contributed by atoms with van der Waals surface area (Å²) in [6.45, 7) is 0. The molecule has 11 nitrogen and oxygen atoms in total. The molecule has 0 aliphatic carbocycles. The Hall–Kier alpha value is -3.75. The van der Waals surface area contributed by atoms with Gasteiger partial charge >= 0.3 is 10.1 Å². The molecule has 1 amide bonds. The number of nitro benzene ring substituents is 1. The molecule has 0 unspecified atom stereocenters. The van der Waals surface area contributed by atoms with E-state index in [1.807, 2.05) is 24.3 Å². The number of para-hydroxylation sites is 2. The molecule has 4 rings (SSSR count). The quantitative estimate of drug-likeness (QED) is 0.0964. The second-order valence-corrected chi connectivity index (χ2v) is 10.5. The number of nitrogens with zero attached hydrogens (tertiary/aromatic N) is 3. The first kappa shape index (κ1) is 25.3. The van der Waals surface area contributed by atoms with Gasteiger partial charge in [-0.15, -0.1) is 0 Å². The zero-order valence-corrected chi connectivity index (χ0v) is 21.3. The largest absolute Gasteiger partial charge is 0.378 e. The summed E-state index contributed by atoms with van der Waals surface area (Å²) >= 11 is 4.49. The van der Waals surface area contributed by atoms with Crippen LogP contribution in [0.15, 0.2) is 86.4 Å². The van der Waals surface area contributed by atoms with E-state index in [2.05, 4.69) is 36.4 Å². The maximum atomic E-state index is 12.7. The number of carbonyl (C=O) groups is 1. The number of rotatable bonds is 9. The van der Waals surface area contributed by atoms with Crippen molar-refractivity contribution in [3.05, 3.63) is 86.9 Å². The van der Waals surface area contributed by atoms with Crippen molar-refractivity contribution in [1.29, 1.82) is 0 Å². The number of hydrogen-bond donors (Lipinski definition) is 2. The van der Waals surface area contributed by atoms with Gasteiger partial charge in [0.15, 0.2) is 10.9 Å². The molecule has 0 aliphatic rings. The second kappa shape index (κ2) is 10.9. The Morgan fingerprint density at radius 2 is 2.00 bits per heavy atom. The van der Waals surface area contributed by atoms with E-state index >= 15 is 0 Å². The summed E-state index contributed by atoms with van der Waals surface area (Å²) in [7, 11) is -4.38. The van der Waals surface area contributed by atoms with Crippen LogP contribution in [0.4, 0.5) is 5.69 Å². The Kier molecular flexibility index (Phi) is 7.67. The minimum atomic E-state index is -4.38. The van der Waals surface area contributed by atoms with Crippen molar-refractivity contribution < 1.29 is 22.3 Å². The van der Waals surface area contributed by atoms with E-state index in [0.29, 0.717) is 9.63 Å². The zero-order chi connectivity index (χ0) is 25.7. The highest BCUT2D eigenvalue weighted by Crippen LogP contribution is 2.27. The zero-order valence-electron chi connectivity index (χ0n) is 18.1. The summed E-state index contributed by atoms with van der Waals surface area (Å²) in [6, 6.07) is 16.5. The lowest BCUT2D eigenvalue weighted by Gasteiger charge is -2.10. The van der Waals surface area contributed by atoms with Crippen LogP contribution in [0.2, 0.25) is 0 Å². The van der Waals surface area contributed by atoms with Crippen LogP contribution in [0.1, 0.15) is 5.56 Å². The van der Waals surface area contributed by atoms with E-state index in [1.54, 1.807) is 6.07 Å². The first-order valence-corrected chi connectivity index (χ1v) is 13.3. The molecule has 0 saturated heterocycles. The van der Waals surface area contributed by atoms with E-state index in [0.717, 1.165) is 17.1 Å². The smallest absolute Gasteiger partial charge is 0.339 e. The highest BCUT2D eigenvalue weighted by Gasteiger charge is 2.21. The predicted molar refractivity (Wildman–Crippen MR) is 138 cm³/mol. The number of fused-ring (bicyclic) bond motifs is 1. The maximum Gasteiger partial charge on any atom is 0.339 e. The van der Waals surface area contributed by atoms with Crippen LogP contribution in [-0.4, -0.2) is 41.2 Å². The standard InChI is InChI=1S/C22H16BrN5O6S2/c23-15-8-9-20(34-36(32,33)17-5-3-4-16(11-17)28(30)31)14(10-15)12-24-27-21(29)13-35-22-25-18-6-1-2-7-19(18)26-22/h1-12H,13H2,(H,25,26)(H,27,29)/b24-12-. The fourth-order valence-corrected chi connectivity index (χ4v) is 5.00. The minimum Gasteiger partial charge on any atom is -0.378 e. The molecule has 0 fully saturated rings. The lowest BCUT2D eigenvalue weighted by Crippen LogP contribution is -2.19. The molecule has 36 heavy (non-hydrogen) atoms. The Morgan fingerprint density at radius 1 is 1.19 bits per heavy atom. The van der Waals surface area contributed by atoms with Crippen LogP contribution in [0.25, 0.3) is 11.0 Å². The van der Waals surface area contributed by atoms with E-state index in [1.165, 1.54) is 48.3 Å². The number of H-pyrrole nitrogens is 1. The minimum absolute atomic E-state index is 0.0418. The summed E-state index contributed by atoms with van der Waals surface area (Å²) in [4.78, 5) is 29.6. The fourth-order valence-electron chi connectivity index (χ4n) is 2.95. The number of nitrogens with one attached hydrogen (secondary N) is 2. The summed E-state index contributed by atoms with van der Waals surface area (Å²) < 4.78 is 31.2. The van der Waals surface area contributed by atoms with Gasteiger partial charge in [0.1, 0.15) is 4.90 Å². The number of amides is 1. The number of non-ortho nitro benzene ring substituents is 1. The molecule has 4 aromatic rings. The number of hydrazone groups is 1. The normalized spacial score (nSPS) is 11.6. The van der Waals surface area contributed by atoms with Crippen molar-refractivity contribution in [2.24, 2.45) is 5.10 Å². The molecule has 3 aromatic carbocycles. The highest BCUT2D eigenvalue weighted by atomic mass is 79.9. The maximum absolute atomic E-state index is 12.7. The molecule has 184 valence electrons. The fraction of sp³-hybridized carbons (Fsp3) is 0.0455. The summed E-state index contributed by atoms with van der Waals surface area (Å²) in [6.07, 6.45) is 1.23. The first-order chi connectivity index (χ1) is 17.2. The molecular formula is C22H16BrN5O6S2.